The molecule has 1 aliphatic rings. The molecule has 1 aromatic heterocycles. The zero-order valence-electron chi connectivity index (χ0n) is 9.75. The molecule has 3 heteroatoms. The Morgan fingerprint density at radius 1 is 1.40 bits per heavy atom. The van der Waals surface area contributed by atoms with E-state index in [-0.39, 0.29) is 5.41 Å². The first-order chi connectivity index (χ1) is 7.02. The summed E-state index contributed by atoms with van der Waals surface area (Å²) in [5, 5.41) is 0. The molecule has 0 atom stereocenters. The second kappa shape index (κ2) is 3.56. The Balaban J connectivity index is 2.40. The van der Waals surface area contributed by atoms with E-state index in [1.54, 1.807) is 0 Å². The molecule has 0 saturated heterocycles. The first-order valence-electron chi connectivity index (χ1n) is 5.58. The summed E-state index contributed by atoms with van der Waals surface area (Å²) in [4.78, 5) is 9.09. The summed E-state index contributed by atoms with van der Waals surface area (Å²) in [7, 11) is 0. The van der Waals surface area contributed by atoms with Crippen LogP contribution in [0.4, 0.5) is 0 Å². The average molecular weight is 205 g/mol. The molecule has 0 radical (unpaired) electrons. The van der Waals surface area contributed by atoms with E-state index >= 15 is 0 Å². The minimum absolute atomic E-state index is 0.0246. The van der Waals surface area contributed by atoms with Gasteiger partial charge in [0.2, 0.25) is 0 Å². The smallest absolute Gasteiger partial charge is 0.133 e. The Hall–Kier alpha value is -0.960. The van der Waals surface area contributed by atoms with Crippen molar-refractivity contribution in [1.82, 2.24) is 9.97 Å². The van der Waals surface area contributed by atoms with Crippen molar-refractivity contribution in [1.29, 1.82) is 0 Å². The van der Waals surface area contributed by atoms with E-state index in [9.17, 15) is 0 Å². The van der Waals surface area contributed by atoms with Crippen molar-refractivity contribution in [3.8, 4) is 0 Å². The van der Waals surface area contributed by atoms with Crippen LogP contribution in [0.1, 0.15) is 56.6 Å². The third-order valence-electron chi connectivity index (χ3n) is 2.75. The van der Waals surface area contributed by atoms with Gasteiger partial charge in [0, 0.05) is 29.6 Å². The fourth-order valence-corrected chi connectivity index (χ4v) is 1.65. The molecule has 1 aromatic rings. The maximum atomic E-state index is 5.70. The fourth-order valence-electron chi connectivity index (χ4n) is 1.65. The molecule has 0 spiro atoms. The van der Waals surface area contributed by atoms with Gasteiger partial charge in [-0.3, -0.25) is 0 Å². The highest BCUT2D eigenvalue weighted by Crippen LogP contribution is 2.40. The highest BCUT2D eigenvalue weighted by Gasteiger charge is 2.29. The molecule has 0 amide bonds. The molecule has 2 N–H and O–H groups in total. The summed E-state index contributed by atoms with van der Waals surface area (Å²) in [5.41, 5.74) is 8.03. The number of rotatable bonds is 2. The van der Waals surface area contributed by atoms with Gasteiger partial charge in [-0.1, -0.05) is 20.8 Å². The SMILES string of the molecule is CC(C)(C)c1ncc(CN)c(C2CC2)n1. The number of hydrogen-bond acceptors (Lipinski definition) is 3. The second-order valence-electron chi connectivity index (χ2n) is 5.33. The molecule has 2 rings (SSSR count). The third-order valence-corrected chi connectivity index (χ3v) is 2.75. The van der Waals surface area contributed by atoms with Crippen molar-refractivity contribution >= 4 is 0 Å². The van der Waals surface area contributed by atoms with Gasteiger partial charge in [0.1, 0.15) is 5.82 Å². The number of nitrogens with two attached hydrogens (primary N) is 1. The molecule has 15 heavy (non-hydrogen) atoms. The van der Waals surface area contributed by atoms with Gasteiger partial charge >= 0.3 is 0 Å². The Kier molecular flexibility index (Phi) is 2.51. The lowest BCUT2D eigenvalue weighted by atomic mass is 9.95. The molecular formula is C12H19N3. The number of aromatic nitrogens is 2. The molecular weight excluding hydrogens is 186 g/mol. The monoisotopic (exact) mass is 205 g/mol. The molecule has 3 nitrogen and oxygen atoms in total. The summed E-state index contributed by atoms with van der Waals surface area (Å²) in [6, 6.07) is 0. The molecule has 1 aliphatic carbocycles. The predicted octanol–water partition coefficient (Wildman–Crippen LogP) is 2.11. The topological polar surface area (TPSA) is 51.8 Å². The van der Waals surface area contributed by atoms with E-state index in [1.807, 2.05) is 6.20 Å². The highest BCUT2D eigenvalue weighted by atomic mass is 14.9. The second-order valence-corrected chi connectivity index (χ2v) is 5.33. The van der Waals surface area contributed by atoms with E-state index in [0.717, 1.165) is 11.4 Å². The molecule has 0 bridgehead atoms. The van der Waals surface area contributed by atoms with Crippen LogP contribution >= 0.6 is 0 Å². The van der Waals surface area contributed by atoms with Crippen LogP contribution in [0.25, 0.3) is 0 Å². The highest BCUT2D eigenvalue weighted by molar-refractivity contribution is 5.26. The zero-order chi connectivity index (χ0) is 11.1. The third kappa shape index (κ3) is 2.17. The maximum absolute atomic E-state index is 5.70. The van der Waals surface area contributed by atoms with Crippen LogP contribution in [0.5, 0.6) is 0 Å². The summed E-state index contributed by atoms with van der Waals surface area (Å²) in [6.45, 7) is 6.97. The summed E-state index contributed by atoms with van der Waals surface area (Å²) in [5.74, 6) is 1.58. The molecule has 1 heterocycles. The summed E-state index contributed by atoms with van der Waals surface area (Å²) in [6.07, 6.45) is 4.42. The molecule has 0 aliphatic heterocycles. The van der Waals surface area contributed by atoms with Crippen LogP contribution in [0, 0.1) is 0 Å². The van der Waals surface area contributed by atoms with E-state index in [1.165, 1.54) is 18.5 Å². The maximum Gasteiger partial charge on any atom is 0.133 e. The van der Waals surface area contributed by atoms with Crippen LogP contribution in [-0.4, -0.2) is 9.97 Å². The fraction of sp³-hybridized carbons (Fsp3) is 0.667. The predicted molar refractivity (Wildman–Crippen MR) is 60.6 cm³/mol. The van der Waals surface area contributed by atoms with Crippen LogP contribution in [0.2, 0.25) is 0 Å². The Morgan fingerprint density at radius 2 is 2.07 bits per heavy atom. The van der Waals surface area contributed by atoms with Gasteiger partial charge in [-0.25, -0.2) is 9.97 Å². The van der Waals surface area contributed by atoms with Crippen LogP contribution < -0.4 is 5.73 Å². The van der Waals surface area contributed by atoms with Gasteiger partial charge in [-0.05, 0) is 12.8 Å². The minimum atomic E-state index is 0.0246. The van der Waals surface area contributed by atoms with Crippen molar-refractivity contribution in [2.75, 3.05) is 0 Å². The average Bonchev–Trinajstić information content (AvgIpc) is 2.98. The molecule has 82 valence electrons. The first-order valence-corrected chi connectivity index (χ1v) is 5.58. The van der Waals surface area contributed by atoms with Crippen LogP contribution in [0.3, 0.4) is 0 Å². The lowest BCUT2D eigenvalue weighted by Crippen LogP contribution is -2.18. The van der Waals surface area contributed by atoms with E-state index in [2.05, 4.69) is 30.7 Å². The van der Waals surface area contributed by atoms with Crippen molar-refractivity contribution < 1.29 is 0 Å². The quantitative estimate of drug-likeness (QED) is 0.804. The van der Waals surface area contributed by atoms with E-state index < -0.39 is 0 Å². The normalized spacial score (nSPS) is 16.8. The molecule has 1 saturated carbocycles. The number of nitrogens with zero attached hydrogens (tertiary/aromatic N) is 2. The molecule has 0 unspecified atom stereocenters. The van der Waals surface area contributed by atoms with Gasteiger partial charge < -0.3 is 5.73 Å². The zero-order valence-corrected chi connectivity index (χ0v) is 9.75. The lowest BCUT2D eigenvalue weighted by Gasteiger charge is -2.18. The van der Waals surface area contributed by atoms with Crippen LogP contribution in [0.15, 0.2) is 6.20 Å². The summed E-state index contributed by atoms with van der Waals surface area (Å²) >= 11 is 0. The van der Waals surface area contributed by atoms with Gasteiger partial charge in [0.05, 0.1) is 5.69 Å². The van der Waals surface area contributed by atoms with Crippen molar-refractivity contribution in [2.24, 2.45) is 5.73 Å². The largest absolute Gasteiger partial charge is 0.326 e. The van der Waals surface area contributed by atoms with E-state index in [0.29, 0.717) is 12.5 Å². The summed E-state index contributed by atoms with van der Waals surface area (Å²) < 4.78 is 0. The van der Waals surface area contributed by atoms with Crippen molar-refractivity contribution in [3.05, 3.63) is 23.3 Å². The van der Waals surface area contributed by atoms with Crippen molar-refractivity contribution in [3.63, 3.8) is 0 Å². The Bertz CT molecular complexity index is 362. The Labute approximate surface area is 91.1 Å². The first kappa shape index (κ1) is 10.6. The van der Waals surface area contributed by atoms with Crippen LogP contribution in [-0.2, 0) is 12.0 Å². The van der Waals surface area contributed by atoms with Crippen molar-refractivity contribution in [2.45, 2.75) is 51.5 Å². The lowest BCUT2D eigenvalue weighted by molar-refractivity contribution is 0.539. The Morgan fingerprint density at radius 3 is 2.53 bits per heavy atom. The van der Waals surface area contributed by atoms with Gasteiger partial charge in [-0.15, -0.1) is 0 Å². The minimum Gasteiger partial charge on any atom is -0.326 e. The van der Waals surface area contributed by atoms with Gasteiger partial charge in [0.15, 0.2) is 0 Å². The molecule has 0 aromatic carbocycles. The number of hydrogen-bond donors (Lipinski definition) is 1. The molecule has 1 fully saturated rings. The standard InChI is InChI=1S/C12H19N3/c1-12(2,3)11-14-7-9(6-13)10(15-11)8-4-5-8/h7-8H,4-6,13H2,1-3H3. The van der Waals surface area contributed by atoms with E-state index in [4.69, 9.17) is 5.73 Å². The van der Waals surface area contributed by atoms with Gasteiger partial charge in [-0.2, -0.15) is 0 Å². The van der Waals surface area contributed by atoms with Gasteiger partial charge in [0.25, 0.3) is 0 Å².